The van der Waals surface area contributed by atoms with Crippen LogP contribution in [-0.2, 0) is 6.54 Å². The van der Waals surface area contributed by atoms with E-state index in [1.165, 1.54) is 23.5 Å². The smallest absolute Gasteiger partial charge is 0.263 e. The van der Waals surface area contributed by atoms with Crippen molar-refractivity contribution in [2.75, 3.05) is 5.73 Å². The van der Waals surface area contributed by atoms with E-state index >= 15 is 0 Å². The molecule has 0 spiro atoms. The SMILES string of the molecule is Nc1c(C(=O)NCc2cccnn2)sc2ccc(F)cc12. The van der Waals surface area contributed by atoms with Crippen molar-refractivity contribution in [1.82, 2.24) is 15.5 Å². The minimum Gasteiger partial charge on any atom is -0.397 e. The van der Waals surface area contributed by atoms with Crippen LogP contribution in [-0.4, -0.2) is 16.1 Å². The Morgan fingerprint density at radius 1 is 1.38 bits per heavy atom. The minimum absolute atomic E-state index is 0.259. The summed E-state index contributed by atoms with van der Waals surface area (Å²) in [5.74, 6) is -0.682. The van der Waals surface area contributed by atoms with Crippen molar-refractivity contribution in [1.29, 1.82) is 0 Å². The van der Waals surface area contributed by atoms with E-state index in [2.05, 4.69) is 15.5 Å². The number of nitrogens with zero attached hydrogens (tertiary/aromatic N) is 2. The monoisotopic (exact) mass is 302 g/mol. The summed E-state index contributed by atoms with van der Waals surface area (Å²) < 4.78 is 14.0. The van der Waals surface area contributed by atoms with Gasteiger partial charge in [-0.3, -0.25) is 4.79 Å². The van der Waals surface area contributed by atoms with Gasteiger partial charge in [-0.05, 0) is 30.3 Å². The van der Waals surface area contributed by atoms with Crippen molar-refractivity contribution in [2.45, 2.75) is 6.54 Å². The average molecular weight is 302 g/mol. The van der Waals surface area contributed by atoms with E-state index in [-0.39, 0.29) is 18.3 Å². The number of fused-ring (bicyclic) bond motifs is 1. The summed E-state index contributed by atoms with van der Waals surface area (Å²) in [6.07, 6.45) is 1.56. The maximum absolute atomic E-state index is 13.2. The van der Waals surface area contributed by atoms with Crippen molar-refractivity contribution in [3.8, 4) is 0 Å². The Hall–Kier alpha value is -2.54. The van der Waals surface area contributed by atoms with Crippen molar-refractivity contribution in [2.24, 2.45) is 0 Å². The number of nitrogen functional groups attached to an aromatic ring is 1. The molecule has 1 aromatic carbocycles. The van der Waals surface area contributed by atoms with Crippen LogP contribution in [0.2, 0.25) is 0 Å². The second kappa shape index (κ2) is 5.45. The average Bonchev–Trinajstić information content (AvgIpc) is 2.83. The Morgan fingerprint density at radius 2 is 2.24 bits per heavy atom. The van der Waals surface area contributed by atoms with Gasteiger partial charge in [0.25, 0.3) is 5.91 Å². The molecule has 3 N–H and O–H groups in total. The highest BCUT2D eigenvalue weighted by Crippen LogP contribution is 2.33. The molecule has 0 saturated heterocycles. The van der Waals surface area contributed by atoms with E-state index in [0.29, 0.717) is 21.6 Å². The maximum Gasteiger partial charge on any atom is 0.263 e. The number of hydrogen-bond donors (Lipinski definition) is 2. The fourth-order valence-electron chi connectivity index (χ4n) is 1.94. The van der Waals surface area contributed by atoms with E-state index in [9.17, 15) is 9.18 Å². The third kappa shape index (κ3) is 2.68. The van der Waals surface area contributed by atoms with Gasteiger partial charge >= 0.3 is 0 Å². The minimum atomic E-state index is -0.376. The second-order valence-corrected chi connectivity index (χ2v) is 5.44. The molecule has 0 atom stereocenters. The van der Waals surface area contributed by atoms with E-state index < -0.39 is 0 Å². The normalized spacial score (nSPS) is 10.7. The summed E-state index contributed by atoms with van der Waals surface area (Å²) in [4.78, 5) is 12.5. The number of rotatable bonds is 3. The Bertz CT molecular complexity index is 803. The van der Waals surface area contributed by atoms with Gasteiger partial charge in [0.2, 0.25) is 0 Å². The number of benzene rings is 1. The number of halogens is 1. The summed E-state index contributed by atoms with van der Waals surface area (Å²) in [5, 5.41) is 10.9. The summed E-state index contributed by atoms with van der Waals surface area (Å²) in [5.41, 5.74) is 6.88. The molecule has 0 aliphatic rings. The van der Waals surface area contributed by atoms with Crippen LogP contribution in [0.1, 0.15) is 15.4 Å². The molecule has 5 nitrogen and oxygen atoms in total. The molecular formula is C14H11FN4OS. The molecule has 3 rings (SSSR count). The zero-order valence-electron chi connectivity index (χ0n) is 10.8. The number of nitrogens with one attached hydrogen (secondary N) is 1. The van der Waals surface area contributed by atoms with Crippen molar-refractivity contribution in [3.63, 3.8) is 0 Å². The first-order valence-electron chi connectivity index (χ1n) is 6.17. The molecule has 1 amide bonds. The lowest BCUT2D eigenvalue weighted by Crippen LogP contribution is -2.23. The number of anilines is 1. The van der Waals surface area contributed by atoms with Gasteiger partial charge in [-0.2, -0.15) is 10.2 Å². The topological polar surface area (TPSA) is 80.9 Å². The van der Waals surface area contributed by atoms with Gasteiger partial charge < -0.3 is 11.1 Å². The number of thiophene rings is 1. The third-order valence-corrected chi connectivity index (χ3v) is 4.14. The molecular weight excluding hydrogens is 291 g/mol. The van der Waals surface area contributed by atoms with Crippen LogP contribution in [0, 0.1) is 5.82 Å². The van der Waals surface area contributed by atoms with E-state index in [4.69, 9.17) is 5.73 Å². The van der Waals surface area contributed by atoms with Crippen molar-refractivity contribution < 1.29 is 9.18 Å². The predicted molar refractivity (Wildman–Crippen MR) is 79.4 cm³/mol. The maximum atomic E-state index is 13.2. The number of nitrogens with two attached hydrogens (primary N) is 1. The number of hydrogen-bond acceptors (Lipinski definition) is 5. The van der Waals surface area contributed by atoms with Crippen LogP contribution in [0.15, 0.2) is 36.5 Å². The molecule has 0 unspecified atom stereocenters. The number of carbonyl (C=O) groups is 1. The molecule has 0 radical (unpaired) electrons. The van der Waals surface area contributed by atoms with Gasteiger partial charge in [0.15, 0.2) is 0 Å². The van der Waals surface area contributed by atoms with Crippen LogP contribution < -0.4 is 11.1 Å². The molecule has 106 valence electrons. The fourth-order valence-corrected chi connectivity index (χ4v) is 2.96. The number of carbonyl (C=O) groups excluding carboxylic acids is 1. The van der Waals surface area contributed by atoms with Gasteiger partial charge in [0.1, 0.15) is 10.7 Å². The predicted octanol–water partition coefficient (Wildman–Crippen LogP) is 2.34. The lowest BCUT2D eigenvalue weighted by Gasteiger charge is -2.03. The van der Waals surface area contributed by atoms with Crippen molar-refractivity contribution in [3.05, 3.63) is 52.9 Å². The van der Waals surface area contributed by atoms with Gasteiger partial charge in [-0.15, -0.1) is 11.3 Å². The van der Waals surface area contributed by atoms with E-state index in [1.807, 2.05) is 0 Å². The number of aromatic nitrogens is 2. The first kappa shape index (κ1) is 13.4. The van der Waals surface area contributed by atoms with E-state index in [0.717, 1.165) is 4.70 Å². The molecule has 0 fully saturated rings. The molecule has 21 heavy (non-hydrogen) atoms. The standard InChI is InChI=1S/C14H11FN4OS/c15-8-3-4-11-10(6-8)12(16)13(21-11)14(20)17-7-9-2-1-5-18-19-9/h1-6H,7,16H2,(H,17,20). The van der Waals surface area contributed by atoms with Crippen molar-refractivity contribution >= 4 is 33.0 Å². The zero-order chi connectivity index (χ0) is 14.8. The Balaban J connectivity index is 1.83. The molecule has 2 heterocycles. The Kier molecular flexibility index (Phi) is 3.49. The summed E-state index contributed by atoms with van der Waals surface area (Å²) in [6, 6.07) is 7.80. The van der Waals surface area contributed by atoms with E-state index in [1.54, 1.807) is 24.4 Å². The summed E-state index contributed by atoms with van der Waals surface area (Å²) >= 11 is 1.24. The first-order chi connectivity index (χ1) is 10.1. The van der Waals surface area contributed by atoms with Gasteiger partial charge in [-0.1, -0.05) is 0 Å². The molecule has 0 aliphatic carbocycles. The largest absolute Gasteiger partial charge is 0.397 e. The zero-order valence-corrected chi connectivity index (χ0v) is 11.7. The molecule has 3 aromatic rings. The highest BCUT2D eigenvalue weighted by atomic mass is 32.1. The Labute approximate surface area is 123 Å². The van der Waals surface area contributed by atoms with Crippen LogP contribution in [0.4, 0.5) is 10.1 Å². The quantitative estimate of drug-likeness (QED) is 0.778. The highest BCUT2D eigenvalue weighted by molar-refractivity contribution is 7.21. The number of amides is 1. The van der Waals surface area contributed by atoms with Crippen LogP contribution in [0.3, 0.4) is 0 Å². The van der Waals surface area contributed by atoms with Crippen LogP contribution in [0.25, 0.3) is 10.1 Å². The lowest BCUT2D eigenvalue weighted by atomic mass is 10.2. The molecule has 0 aliphatic heterocycles. The summed E-state index contributed by atoms with van der Waals surface area (Å²) in [6.45, 7) is 0.259. The van der Waals surface area contributed by atoms with Gasteiger partial charge in [0.05, 0.1) is 17.9 Å². The molecule has 0 bridgehead atoms. The highest BCUT2D eigenvalue weighted by Gasteiger charge is 2.16. The van der Waals surface area contributed by atoms with Gasteiger partial charge in [-0.25, -0.2) is 4.39 Å². The molecule has 7 heteroatoms. The lowest BCUT2D eigenvalue weighted by molar-refractivity contribution is 0.0955. The summed E-state index contributed by atoms with van der Waals surface area (Å²) in [7, 11) is 0. The second-order valence-electron chi connectivity index (χ2n) is 4.38. The molecule has 2 aromatic heterocycles. The fraction of sp³-hybridized carbons (Fsp3) is 0.0714. The van der Waals surface area contributed by atoms with Gasteiger partial charge in [0, 0.05) is 16.3 Å². The molecule has 0 saturated carbocycles. The van der Waals surface area contributed by atoms with Crippen LogP contribution >= 0.6 is 11.3 Å². The first-order valence-corrected chi connectivity index (χ1v) is 6.99. The third-order valence-electron chi connectivity index (χ3n) is 2.95. The van der Waals surface area contributed by atoms with Crippen LogP contribution in [0.5, 0.6) is 0 Å². The Morgan fingerprint density at radius 3 is 3.00 bits per heavy atom.